The van der Waals surface area contributed by atoms with E-state index in [1.54, 1.807) is 0 Å². The molecule has 0 N–H and O–H groups in total. The van der Waals surface area contributed by atoms with Gasteiger partial charge in [-0.15, -0.1) is 0 Å². The summed E-state index contributed by atoms with van der Waals surface area (Å²) in [5.74, 6) is 0.0292. The van der Waals surface area contributed by atoms with Crippen molar-refractivity contribution in [1.29, 1.82) is 5.26 Å². The van der Waals surface area contributed by atoms with Crippen LogP contribution in [0.3, 0.4) is 0 Å². The third kappa shape index (κ3) is 3.06. The number of para-hydroxylation sites is 1. The van der Waals surface area contributed by atoms with Crippen LogP contribution in [-0.4, -0.2) is 29.8 Å². The second-order valence-electron chi connectivity index (χ2n) is 5.04. The Morgan fingerprint density at radius 3 is 2.85 bits per heavy atom. The maximum absolute atomic E-state index is 12.4. The lowest BCUT2D eigenvalue weighted by atomic mass is 10.1. The van der Waals surface area contributed by atoms with E-state index in [1.807, 2.05) is 43.0 Å². The predicted molar refractivity (Wildman–Crippen MR) is 77.5 cm³/mol. The van der Waals surface area contributed by atoms with Gasteiger partial charge in [-0.25, -0.2) is 0 Å². The van der Waals surface area contributed by atoms with Crippen LogP contribution in [0.25, 0.3) is 11.0 Å². The van der Waals surface area contributed by atoms with E-state index in [4.69, 9.17) is 9.68 Å². The first-order chi connectivity index (χ1) is 9.63. The number of hydrogen-bond donors (Lipinski definition) is 0. The van der Waals surface area contributed by atoms with Gasteiger partial charge in [0.25, 0.3) is 0 Å². The monoisotopic (exact) mass is 270 g/mol. The van der Waals surface area contributed by atoms with Crippen LogP contribution in [0, 0.1) is 11.3 Å². The smallest absolute Gasteiger partial charge is 0.180 e. The van der Waals surface area contributed by atoms with Gasteiger partial charge in [-0.2, -0.15) is 5.26 Å². The molecule has 0 fully saturated rings. The zero-order valence-corrected chi connectivity index (χ0v) is 11.8. The average molecular weight is 270 g/mol. The lowest BCUT2D eigenvalue weighted by Crippen LogP contribution is -2.36. The van der Waals surface area contributed by atoms with Crippen molar-refractivity contribution in [3.8, 4) is 6.07 Å². The highest BCUT2D eigenvalue weighted by Crippen LogP contribution is 2.21. The fraction of sp³-hybridized carbons (Fsp3) is 0.375. The van der Waals surface area contributed by atoms with Gasteiger partial charge in [-0.05, 0) is 19.9 Å². The number of benzene rings is 1. The number of nitriles is 1. The van der Waals surface area contributed by atoms with Gasteiger partial charge in [0.2, 0.25) is 0 Å². The third-order valence-electron chi connectivity index (χ3n) is 3.37. The summed E-state index contributed by atoms with van der Waals surface area (Å²) >= 11 is 0. The zero-order valence-electron chi connectivity index (χ0n) is 11.8. The molecule has 0 radical (unpaired) electrons. The van der Waals surface area contributed by atoms with Gasteiger partial charge in [0.05, 0.1) is 18.2 Å². The summed E-state index contributed by atoms with van der Waals surface area (Å²) in [6.07, 6.45) is 1.95. The summed E-state index contributed by atoms with van der Waals surface area (Å²) in [7, 11) is 0. The van der Waals surface area contributed by atoms with Crippen molar-refractivity contribution in [2.45, 2.75) is 26.3 Å². The maximum Gasteiger partial charge on any atom is 0.180 e. The number of hydrogen-bond acceptors (Lipinski definition) is 4. The molecule has 0 spiro atoms. The Labute approximate surface area is 118 Å². The molecule has 1 aromatic carbocycles. The van der Waals surface area contributed by atoms with E-state index in [0.29, 0.717) is 25.1 Å². The summed E-state index contributed by atoms with van der Waals surface area (Å²) in [4.78, 5) is 14.4. The molecular weight excluding hydrogens is 252 g/mol. The van der Waals surface area contributed by atoms with Crippen LogP contribution in [0.2, 0.25) is 0 Å². The second kappa shape index (κ2) is 6.36. The summed E-state index contributed by atoms with van der Waals surface area (Å²) < 4.78 is 5.40. The number of rotatable bonds is 6. The van der Waals surface area contributed by atoms with E-state index in [1.165, 1.54) is 6.26 Å². The molecule has 0 saturated heterocycles. The fourth-order valence-corrected chi connectivity index (χ4v) is 2.18. The van der Waals surface area contributed by atoms with Crippen LogP contribution in [0.4, 0.5) is 0 Å². The summed E-state index contributed by atoms with van der Waals surface area (Å²) in [6.45, 7) is 4.97. The Morgan fingerprint density at radius 1 is 1.40 bits per heavy atom. The summed E-state index contributed by atoms with van der Waals surface area (Å²) in [5.41, 5.74) is 1.34. The first kappa shape index (κ1) is 14.3. The molecule has 104 valence electrons. The molecule has 0 aliphatic carbocycles. The second-order valence-corrected chi connectivity index (χ2v) is 5.04. The average Bonchev–Trinajstić information content (AvgIpc) is 2.87. The molecule has 4 nitrogen and oxygen atoms in total. The first-order valence-electron chi connectivity index (χ1n) is 6.74. The normalized spacial score (nSPS) is 11.2. The van der Waals surface area contributed by atoms with Crippen molar-refractivity contribution >= 4 is 16.8 Å². The minimum atomic E-state index is 0.0292. The van der Waals surface area contributed by atoms with Gasteiger partial charge >= 0.3 is 0 Å². The largest absolute Gasteiger partial charge is 0.464 e. The van der Waals surface area contributed by atoms with Gasteiger partial charge in [0.1, 0.15) is 11.8 Å². The molecule has 1 heterocycles. The molecule has 2 rings (SSSR count). The van der Waals surface area contributed by atoms with Gasteiger partial charge in [0.15, 0.2) is 5.78 Å². The van der Waals surface area contributed by atoms with Crippen LogP contribution in [0.1, 0.15) is 30.6 Å². The zero-order chi connectivity index (χ0) is 14.5. The molecule has 2 aromatic rings. The molecule has 0 aliphatic rings. The Bertz CT molecular complexity index is 637. The molecule has 0 aliphatic heterocycles. The van der Waals surface area contributed by atoms with Crippen LogP contribution < -0.4 is 0 Å². The number of nitrogens with zero attached hydrogens (tertiary/aromatic N) is 2. The summed E-state index contributed by atoms with van der Waals surface area (Å²) in [5, 5.41) is 9.53. The van der Waals surface area contributed by atoms with Crippen molar-refractivity contribution in [3.05, 3.63) is 36.1 Å². The van der Waals surface area contributed by atoms with Gasteiger partial charge in [-0.1, -0.05) is 18.2 Å². The molecule has 0 unspecified atom stereocenters. The SMILES string of the molecule is CC(C)N(CCC#N)CC(=O)c1coc2ccccc12. The molecule has 0 bridgehead atoms. The van der Waals surface area contributed by atoms with Crippen molar-refractivity contribution in [2.24, 2.45) is 0 Å². The van der Waals surface area contributed by atoms with Crippen LogP contribution >= 0.6 is 0 Å². The maximum atomic E-state index is 12.4. The highest BCUT2D eigenvalue weighted by Gasteiger charge is 2.18. The third-order valence-corrected chi connectivity index (χ3v) is 3.37. The van der Waals surface area contributed by atoms with Crippen molar-refractivity contribution in [3.63, 3.8) is 0 Å². The van der Waals surface area contributed by atoms with E-state index < -0.39 is 0 Å². The molecular formula is C16H18N2O2. The number of furan rings is 1. The molecule has 1 aromatic heterocycles. The predicted octanol–water partition coefficient (Wildman–Crippen LogP) is 3.24. The minimum Gasteiger partial charge on any atom is -0.464 e. The van der Waals surface area contributed by atoms with E-state index >= 15 is 0 Å². The van der Waals surface area contributed by atoms with Crippen LogP contribution in [0.5, 0.6) is 0 Å². The lowest BCUT2D eigenvalue weighted by molar-refractivity contribution is 0.0909. The molecule has 20 heavy (non-hydrogen) atoms. The number of carbonyl (C=O) groups excluding carboxylic acids is 1. The molecule has 0 saturated carbocycles. The van der Waals surface area contributed by atoms with Crippen LogP contribution in [0.15, 0.2) is 34.9 Å². The number of ketones is 1. The van der Waals surface area contributed by atoms with Crippen molar-refractivity contribution < 1.29 is 9.21 Å². The number of fused-ring (bicyclic) bond motifs is 1. The van der Waals surface area contributed by atoms with Crippen LogP contribution in [-0.2, 0) is 0 Å². The Kier molecular flexibility index (Phi) is 4.54. The Balaban J connectivity index is 2.16. The molecule has 0 amide bonds. The van der Waals surface area contributed by atoms with E-state index in [9.17, 15) is 4.79 Å². The molecule has 0 atom stereocenters. The quantitative estimate of drug-likeness (QED) is 0.756. The Hall–Kier alpha value is -2.12. The standard InChI is InChI=1S/C16H18N2O2/c1-12(2)18(9-5-8-17)10-15(19)14-11-20-16-7-4-3-6-13(14)16/h3-4,6-7,11-12H,5,9-10H2,1-2H3. The topological polar surface area (TPSA) is 57.2 Å². The first-order valence-corrected chi connectivity index (χ1v) is 6.74. The van der Waals surface area contributed by atoms with Gasteiger partial charge < -0.3 is 4.42 Å². The van der Waals surface area contributed by atoms with Gasteiger partial charge in [-0.3, -0.25) is 9.69 Å². The van der Waals surface area contributed by atoms with E-state index in [0.717, 1.165) is 11.0 Å². The molecule has 4 heteroatoms. The minimum absolute atomic E-state index is 0.0292. The van der Waals surface area contributed by atoms with Gasteiger partial charge in [0, 0.05) is 24.4 Å². The van der Waals surface area contributed by atoms with E-state index in [2.05, 4.69) is 6.07 Å². The number of Topliss-reactive ketones (excluding diaryl/α,β-unsaturated/α-hetero) is 1. The Morgan fingerprint density at radius 2 is 2.15 bits per heavy atom. The van der Waals surface area contributed by atoms with Crippen molar-refractivity contribution in [1.82, 2.24) is 4.90 Å². The highest BCUT2D eigenvalue weighted by atomic mass is 16.3. The number of carbonyl (C=O) groups is 1. The lowest BCUT2D eigenvalue weighted by Gasteiger charge is -2.24. The highest BCUT2D eigenvalue weighted by molar-refractivity contribution is 6.08. The fourth-order valence-electron chi connectivity index (χ4n) is 2.18. The van der Waals surface area contributed by atoms with E-state index in [-0.39, 0.29) is 11.8 Å². The summed E-state index contributed by atoms with van der Waals surface area (Å²) in [6, 6.07) is 9.86. The van der Waals surface area contributed by atoms with Crippen molar-refractivity contribution in [2.75, 3.05) is 13.1 Å².